The van der Waals surface area contributed by atoms with Gasteiger partial charge in [0, 0.05) is 29.7 Å². The highest BCUT2D eigenvalue weighted by Crippen LogP contribution is 2.35. The number of primary amides is 1. The second-order valence-corrected chi connectivity index (χ2v) is 9.65. The van der Waals surface area contributed by atoms with Gasteiger partial charge in [-0.1, -0.05) is 12.1 Å². The van der Waals surface area contributed by atoms with E-state index in [9.17, 15) is 13.2 Å². The van der Waals surface area contributed by atoms with Crippen LogP contribution in [0.2, 0.25) is 0 Å². The van der Waals surface area contributed by atoms with Crippen molar-refractivity contribution in [3.63, 3.8) is 0 Å². The van der Waals surface area contributed by atoms with Crippen LogP contribution in [0.1, 0.15) is 22.7 Å². The molecule has 9 nitrogen and oxygen atoms in total. The molecule has 0 radical (unpaired) electrons. The second kappa shape index (κ2) is 11.6. The van der Waals surface area contributed by atoms with Gasteiger partial charge in [0.05, 0.1) is 45.3 Å². The minimum atomic E-state index is -3.73. The molecular weight excluding hydrogens is 484 g/mol. The van der Waals surface area contributed by atoms with Gasteiger partial charge in [-0.25, -0.2) is 8.42 Å². The van der Waals surface area contributed by atoms with E-state index in [4.69, 9.17) is 24.7 Å². The Balaban J connectivity index is 1.97. The Morgan fingerprint density at radius 1 is 0.917 bits per heavy atom. The highest BCUT2D eigenvalue weighted by molar-refractivity contribution is 7.93. The Kier molecular flexibility index (Phi) is 8.55. The smallest absolute Gasteiger partial charge is 0.291 e. The summed E-state index contributed by atoms with van der Waals surface area (Å²) in [4.78, 5) is 12.4. The van der Waals surface area contributed by atoms with Crippen LogP contribution in [0, 0.1) is 0 Å². The maximum absolute atomic E-state index is 13.0. The number of nitrogens with zero attached hydrogens (tertiary/aromatic N) is 1. The van der Waals surface area contributed by atoms with Crippen LogP contribution >= 0.6 is 0 Å². The molecule has 0 spiro atoms. The van der Waals surface area contributed by atoms with Crippen molar-refractivity contribution in [1.29, 1.82) is 0 Å². The average molecular weight is 514 g/mol. The van der Waals surface area contributed by atoms with E-state index in [1.165, 1.54) is 34.5 Å². The van der Waals surface area contributed by atoms with Gasteiger partial charge < -0.3 is 24.7 Å². The Morgan fingerprint density at radius 3 is 2.06 bits per heavy atom. The molecule has 3 rings (SSSR count). The monoisotopic (exact) mass is 513 g/mol. The topological polar surface area (TPSA) is 118 Å². The predicted molar refractivity (Wildman–Crippen MR) is 135 cm³/mol. The number of nitrogens with two attached hydrogens (primary N) is 1. The van der Waals surface area contributed by atoms with E-state index < -0.39 is 21.8 Å². The van der Waals surface area contributed by atoms with E-state index in [0.717, 1.165) is 5.41 Å². The number of carbonyl (C=O) groups excluding carboxylic acids is 1. The van der Waals surface area contributed by atoms with Gasteiger partial charge in [0.25, 0.3) is 11.9 Å². The summed E-state index contributed by atoms with van der Waals surface area (Å²) in [6.45, 7) is 0. The number of methoxy groups -OCH3 is 4. The SMILES string of the molecule is COc1cc(OC)c(C=CS(=O)(=O)Cc2ccc(OC)c(C(C(N)=O)[n+]3ccccc3)c2)c(OC)c1. The lowest BCUT2D eigenvalue weighted by Gasteiger charge is -2.15. The molecule has 1 heterocycles. The molecule has 36 heavy (non-hydrogen) atoms. The number of amides is 1. The van der Waals surface area contributed by atoms with Crippen molar-refractivity contribution >= 4 is 21.8 Å². The number of benzene rings is 2. The van der Waals surface area contributed by atoms with Crippen molar-refractivity contribution in [2.45, 2.75) is 11.8 Å². The summed E-state index contributed by atoms with van der Waals surface area (Å²) < 4.78 is 49.1. The van der Waals surface area contributed by atoms with E-state index in [1.54, 1.807) is 59.4 Å². The van der Waals surface area contributed by atoms with Crippen LogP contribution in [0.3, 0.4) is 0 Å². The molecule has 0 aliphatic heterocycles. The molecule has 0 saturated heterocycles. The highest BCUT2D eigenvalue weighted by atomic mass is 32.2. The molecule has 0 bridgehead atoms. The normalized spacial score (nSPS) is 12.2. The quantitative estimate of drug-likeness (QED) is 0.392. The van der Waals surface area contributed by atoms with Gasteiger partial charge in [-0.2, -0.15) is 4.57 Å². The molecule has 1 amide bonds. The summed E-state index contributed by atoms with van der Waals surface area (Å²) in [7, 11) is 2.19. The maximum atomic E-state index is 13.0. The van der Waals surface area contributed by atoms with Crippen LogP contribution in [-0.4, -0.2) is 42.8 Å². The lowest BCUT2D eigenvalue weighted by Crippen LogP contribution is -2.47. The van der Waals surface area contributed by atoms with Crippen LogP contribution in [0.25, 0.3) is 6.08 Å². The molecule has 2 N–H and O–H groups in total. The largest absolute Gasteiger partial charge is 0.496 e. The summed E-state index contributed by atoms with van der Waals surface area (Å²) in [5, 5.41) is 1.10. The van der Waals surface area contributed by atoms with Crippen LogP contribution in [0.4, 0.5) is 0 Å². The van der Waals surface area contributed by atoms with E-state index in [2.05, 4.69) is 0 Å². The molecular formula is C26H29N2O7S+. The number of hydrogen-bond donors (Lipinski definition) is 1. The van der Waals surface area contributed by atoms with Crippen LogP contribution < -0.4 is 29.2 Å². The Labute approximate surface area is 210 Å². The summed E-state index contributed by atoms with van der Waals surface area (Å²) in [6, 6.07) is 12.6. The minimum Gasteiger partial charge on any atom is -0.496 e. The third kappa shape index (κ3) is 6.14. The van der Waals surface area contributed by atoms with Crippen molar-refractivity contribution in [3.05, 3.63) is 83.0 Å². The fourth-order valence-electron chi connectivity index (χ4n) is 3.78. The molecule has 0 fully saturated rings. The van der Waals surface area contributed by atoms with Crippen LogP contribution in [-0.2, 0) is 20.4 Å². The van der Waals surface area contributed by atoms with Crippen molar-refractivity contribution < 1.29 is 36.7 Å². The first kappa shape index (κ1) is 26.6. The highest BCUT2D eigenvalue weighted by Gasteiger charge is 2.31. The van der Waals surface area contributed by atoms with Gasteiger partial charge in [-0.3, -0.25) is 4.79 Å². The number of sulfone groups is 1. The summed E-state index contributed by atoms with van der Waals surface area (Å²) in [6.07, 6.45) is 4.83. The lowest BCUT2D eigenvalue weighted by atomic mass is 10.0. The third-order valence-corrected chi connectivity index (χ3v) is 6.74. The standard InChI is InChI=1S/C26H28N2O7S/c1-32-19-15-23(34-3)20(24(16-19)35-4)10-13-36(30,31)17-18-8-9-22(33-2)21(14-18)25(26(27)29)28-11-6-5-7-12-28/h5-16,25H,17H2,1-4H3,(H-,27,29)/p+1. The molecule has 3 aromatic rings. The fourth-order valence-corrected chi connectivity index (χ4v) is 4.87. The molecule has 1 atom stereocenters. The van der Waals surface area contributed by atoms with E-state index >= 15 is 0 Å². The Morgan fingerprint density at radius 2 is 1.53 bits per heavy atom. The predicted octanol–water partition coefficient (Wildman–Crippen LogP) is 2.67. The zero-order valence-corrected chi connectivity index (χ0v) is 21.3. The first-order valence-electron chi connectivity index (χ1n) is 10.9. The number of aromatic nitrogens is 1. The molecule has 190 valence electrons. The zero-order chi connectivity index (χ0) is 26.3. The summed E-state index contributed by atoms with van der Waals surface area (Å²) in [5.41, 5.74) is 7.08. The Bertz CT molecular complexity index is 1330. The number of pyridine rings is 1. The van der Waals surface area contributed by atoms with E-state index in [-0.39, 0.29) is 5.75 Å². The van der Waals surface area contributed by atoms with Gasteiger partial charge in [0.1, 0.15) is 23.0 Å². The average Bonchev–Trinajstić information content (AvgIpc) is 2.87. The third-order valence-electron chi connectivity index (χ3n) is 5.46. The van der Waals surface area contributed by atoms with Crippen LogP contribution in [0.5, 0.6) is 23.0 Å². The number of rotatable bonds is 11. The minimum absolute atomic E-state index is 0.313. The zero-order valence-electron chi connectivity index (χ0n) is 20.5. The van der Waals surface area contributed by atoms with E-state index in [0.29, 0.717) is 39.7 Å². The molecule has 2 aromatic carbocycles. The number of ether oxygens (including phenoxy) is 4. The molecule has 1 aromatic heterocycles. The van der Waals surface area contributed by atoms with Crippen molar-refractivity contribution in [3.8, 4) is 23.0 Å². The van der Waals surface area contributed by atoms with Crippen molar-refractivity contribution in [2.75, 3.05) is 28.4 Å². The maximum Gasteiger partial charge on any atom is 0.291 e. The second-order valence-electron chi connectivity index (χ2n) is 7.76. The lowest BCUT2D eigenvalue weighted by molar-refractivity contribution is -0.700. The number of hydrogen-bond acceptors (Lipinski definition) is 7. The van der Waals surface area contributed by atoms with Gasteiger partial charge in [0.2, 0.25) is 0 Å². The summed E-state index contributed by atoms with van der Waals surface area (Å²) >= 11 is 0. The van der Waals surface area contributed by atoms with Gasteiger partial charge >= 0.3 is 0 Å². The summed E-state index contributed by atoms with van der Waals surface area (Å²) in [5.74, 6) is 0.797. The number of carbonyl (C=O) groups is 1. The molecule has 0 aliphatic carbocycles. The first-order valence-corrected chi connectivity index (χ1v) is 12.6. The molecule has 0 saturated carbocycles. The molecule has 1 unspecified atom stereocenters. The Hall–Kier alpha value is -4.05. The molecule has 0 aliphatic rings. The van der Waals surface area contributed by atoms with Gasteiger partial charge in [-0.15, -0.1) is 0 Å². The van der Waals surface area contributed by atoms with Gasteiger partial charge in [0.15, 0.2) is 22.2 Å². The fraction of sp³-hybridized carbons (Fsp3) is 0.231. The van der Waals surface area contributed by atoms with Gasteiger partial charge in [-0.05, 0) is 23.8 Å². The first-order chi connectivity index (χ1) is 17.2. The van der Waals surface area contributed by atoms with E-state index in [1.807, 2.05) is 6.07 Å². The van der Waals surface area contributed by atoms with Crippen LogP contribution in [0.15, 0.2) is 66.3 Å². The van der Waals surface area contributed by atoms with Crippen molar-refractivity contribution in [1.82, 2.24) is 0 Å². The van der Waals surface area contributed by atoms with Crippen molar-refractivity contribution in [2.24, 2.45) is 5.73 Å². The molecule has 10 heteroatoms.